The molecule has 120 valence electrons. The van der Waals surface area contributed by atoms with Crippen molar-refractivity contribution in [2.45, 2.75) is 13.3 Å². The predicted molar refractivity (Wildman–Crippen MR) is 84.3 cm³/mol. The Labute approximate surface area is 125 Å². The third-order valence-corrected chi connectivity index (χ3v) is 3.06. The molecule has 1 heterocycles. The van der Waals surface area contributed by atoms with Crippen molar-refractivity contribution in [1.29, 1.82) is 0 Å². The van der Waals surface area contributed by atoms with Crippen molar-refractivity contribution in [1.82, 2.24) is 19.7 Å². The van der Waals surface area contributed by atoms with Crippen molar-refractivity contribution in [3.05, 3.63) is 0 Å². The van der Waals surface area contributed by atoms with Crippen LogP contribution in [0.15, 0.2) is 0 Å². The quantitative estimate of drug-likeness (QED) is 0.533. The van der Waals surface area contributed by atoms with Gasteiger partial charge in [-0.2, -0.15) is 15.0 Å². The van der Waals surface area contributed by atoms with Gasteiger partial charge in [-0.1, -0.05) is 6.92 Å². The zero-order valence-electron chi connectivity index (χ0n) is 12.8. The van der Waals surface area contributed by atoms with Gasteiger partial charge in [-0.3, -0.25) is 0 Å². The maximum Gasteiger partial charge on any atom is 0.231 e. The Kier molecular flexibility index (Phi) is 6.56. The lowest BCUT2D eigenvalue weighted by atomic mass is 10.5. The topological polar surface area (TPSA) is 112 Å². The Morgan fingerprint density at radius 2 is 1.57 bits per heavy atom. The molecule has 0 aliphatic carbocycles. The first kappa shape index (κ1) is 17.4. The number of rotatable bonds is 9. The maximum absolute atomic E-state index is 11.0. The SMILES string of the molecule is CCCNc1nc(NCCNS(C)(=O)=O)nc(N(C)C)n1. The van der Waals surface area contributed by atoms with Gasteiger partial charge < -0.3 is 15.5 Å². The molecular weight excluding hydrogens is 294 g/mol. The molecule has 21 heavy (non-hydrogen) atoms. The lowest BCUT2D eigenvalue weighted by Crippen LogP contribution is -2.28. The Morgan fingerprint density at radius 1 is 1.00 bits per heavy atom. The summed E-state index contributed by atoms with van der Waals surface area (Å²) >= 11 is 0. The number of aromatic nitrogens is 3. The largest absolute Gasteiger partial charge is 0.354 e. The lowest BCUT2D eigenvalue weighted by molar-refractivity contribution is 0.589. The lowest BCUT2D eigenvalue weighted by Gasteiger charge is -2.14. The summed E-state index contributed by atoms with van der Waals surface area (Å²) in [6, 6.07) is 0. The molecule has 10 heteroatoms. The molecule has 0 fully saturated rings. The summed E-state index contributed by atoms with van der Waals surface area (Å²) in [6.45, 7) is 3.47. The van der Waals surface area contributed by atoms with Crippen LogP contribution in [0, 0.1) is 0 Å². The number of nitrogens with one attached hydrogen (secondary N) is 3. The fraction of sp³-hybridized carbons (Fsp3) is 0.727. The molecule has 0 saturated carbocycles. The van der Waals surface area contributed by atoms with Crippen LogP contribution in [0.5, 0.6) is 0 Å². The molecule has 0 radical (unpaired) electrons. The Balaban J connectivity index is 2.69. The molecule has 0 atom stereocenters. The second-order valence-corrected chi connectivity index (χ2v) is 6.53. The van der Waals surface area contributed by atoms with E-state index in [0.717, 1.165) is 19.2 Å². The van der Waals surface area contributed by atoms with Crippen LogP contribution in [0.4, 0.5) is 17.8 Å². The molecule has 0 saturated heterocycles. The monoisotopic (exact) mass is 317 g/mol. The molecule has 0 unspecified atom stereocenters. The normalized spacial score (nSPS) is 11.2. The first-order chi connectivity index (χ1) is 9.81. The molecule has 3 N–H and O–H groups in total. The molecule has 9 nitrogen and oxygen atoms in total. The van der Waals surface area contributed by atoms with Crippen molar-refractivity contribution in [2.75, 3.05) is 55.5 Å². The van der Waals surface area contributed by atoms with Crippen LogP contribution in [-0.2, 0) is 10.0 Å². The highest BCUT2D eigenvalue weighted by molar-refractivity contribution is 7.88. The van der Waals surface area contributed by atoms with E-state index in [0.29, 0.717) is 24.4 Å². The predicted octanol–water partition coefficient (Wildman–Crippen LogP) is -0.279. The zero-order valence-corrected chi connectivity index (χ0v) is 13.7. The summed E-state index contributed by atoms with van der Waals surface area (Å²) in [5, 5.41) is 6.08. The van der Waals surface area contributed by atoms with E-state index >= 15 is 0 Å². The molecule has 1 aromatic heterocycles. The molecule has 0 aromatic carbocycles. The zero-order chi connectivity index (χ0) is 15.9. The van der Waals surface area contributed by atoms with Crippen molar-refractivity contribution < 1.29 is 8.42 Å². The highest BCUT2D eigenvalue weighted by Crippen LogP contribution is 2.11. The summed E-state index contributed by atoms with van der Waals surface area (Å²) in [5.74, 6) is 1.43. The van der Waals surface area contributed by atoms with Gasteiger partial charge in [0.05, 0.1) is 6.26 Å². The Hall–Kier alpha value is -1.68. The van der Waals surface area contributed by atoms with Gasteiger partial charge in [-0.05, 0) is 6.42 Å². The van der Waals surface area contributed by atoms with Gasteiger partial charge in [0, 0.05) is 33.7 Å². The molecule has 1 rings (SSSR count). The summed E-state index contributed by atoms with van der Waals surface area (Å²) in [6.07, 6.45) is 2.08. The van der Waals surface area contributed by atoms with E-state index in [-0.39, 0.29) is 6.54 Å². The summed E-state index contributed by atoms with van der Waals surface area (Å²) in [4.78, 5) is 14.5. The number of hydrogen-bond donors (Lipinski definition) is 3. The van der Waals surface area contributed by atoms with Crippen molar-refractivity contribution in [3.63, 3.8) is 0 Å². The van der Waals surface area contributed by atoms with E-state index < -0.39 is 10.0 Å². The first-order valence-electron chi connectivity index (χ1n) is 6.67. The second-order valence-electron chi connectivity index (χ2n) is 4.70. The second kappa shape index (κ2) is 7.93. The minimum absolute atomic E-state index is 0.263. The standard InChI is InChI=1S/C11H23N7O2S/c1-5-6-12-9-15-10(17-11(16-9)18(2)3)13-7-8-14-21(4,19)20/h14H,5-8H2,1-4H3,(H2,12,13,15,16,17). The summed E-state index contributed by atoms with van der Waals surface area (Å²) in [7, 11) is 0.498. The molecule has 0 bridgehead atoms. The molecular formula is C11H23N7O2S. The molecule has 0 aliphatic heterocycles. The average Bonchev–Trinajstić information content (AvgIpc) is 2.40. The minimum Gasteiger partial charge on any atom is -0.354 e. The van der Waals surface area contributed by atoms with E-state index in [1.54, 1.807) is 4.90 Å². The average molecular weight is 317 g/mol. The molecule has 0 amide bonds. The van der Waals surface area contributed by atoms with Gasteiger partial charge in [-0.25, -0.2) is 13.1 Å². The summed E-state index contributed by atoms with van der Waals surface area (Å²) < 4.78 is 24.3. The highest BCUT2D eigenvalue weighted by atomic mass is 32.2. The van der Waals surface area contributed by atoms with Gasteiger partial charge in [0.25, 0.3) is 0 Å². The van der Waals surface area contributed by atoms with Crippen LogP contribution in [0.2, 0.25) is 0 Å². The van der Waals surface area contributed by atoms with Gasteiger partial charge >= 0.3 is 0 Å². The number of nitrogens with zero attached hydrogens (tertiary/aromatic N) is 4. The number of sulfonamides is 1. The fourth-order valence-corrected chi connectivity index (χ4v) is 1.84. The van der Waals surface area contributed by atoms with Crippen LogP contribution in [0.1, 0.15) is 13.3 Å². The molecule has 0 spiro atoms. The maximum atomic E-state index is 11.0. The van der Waals surface area contributed by atoms with Gasteiger partial charge in [0.15, 0.2) is 0 Å². The molecule has 0 aliphatic rings. The van der Waals surface area contributed by atoms with Crippen LogP contribution >= 0.6 is 0 Å². The van der Waals surface area contributed by atoms with Crippen LogP contribution in [-0.4, -0.2) is 63.4 Å². The Morgan fingerprint density at radius 3 is 2.05 bits per heavy atom. The minimum atomic E-state index is -3.18. The van der Waals surface area contributed by atoms with E-state index in [4.69, 9.17) is 0 Å². The number of hydrogen-bond acceptors (Lipinski definition) is 8. The number of anilines is 3. The van der Waals surface area contributed by atoms with Crippen molar-refractivity contribution in [3.8, 4) is 0 Å². The van der Waals surface area contributed by atoms with E-state index in [1.165, 1.54) is 0 Å². The van der Waals surface area contributed by atoms with E-state index in [1.807, 2.05) is 14.1 Å². The van der Waals surface area contributed by atoms with E-state index in [9.17, 15) is 8.42 Å². The highest BCUT2D eigenvalue weighted by Gasteiger charge is 2.07. The van der Waals surface area contributed by atoms with Crippen molar-refractivity contribution in [2.24, 2.45) is 0 Å². The van der Waals surface area contributed by atoms with E-state index in [2.05, 4.69) is 37.2 Å². The molecule has 1 aromatic rings. The third kappa shape index (κ3) is 7.04. The fourth-order valence-electron chi connectivity index (χ4n) is 1.37. The Bertz CT molecular complexity index is 548. The van der Waals surface area contributed by atoms with Gasteiger partial charge in [0.2, 0.25) is 27.9 Å². The van der Waals surface area contributed by atoms with Gasteiger partial charge in [-0.15, -0.1) is 0 Å². The van der Waals surface area contributed by atoms with Crippen LogP contribution in [0.25, 0.3) is 0 Å². The smallest absolute Gasteiger partial charge is 0.231 e. The first-order valence-corrected chi connectivity index (χ1v) is 8.56. The summed E-state index contributed by atoms with van der Waals surface area (Å²) in [5.41, 5.74) is 0. The van der Waals surface area contributed by atoms with Gasteiger partial charge in [0.1, 0.15) is 0 Å². The van der Waals surface area contributed by atoms with Crippen LogP contribution in [0.3, 0.4) is 0 Å². The van der Waals surface area contributed by atoms with Crippen molar-refractivity contribution >= 4 is 27.9 Å². The third-order valence-electron chi connectivity index (χ3n) is 2.33. The van der Waals surface area contributed by atoms with Crippen LogP contribution < -0.4 is 20.3 Å².